The minimum atomic E-state index is -5.80. The highest BCUT2D eigenvalue weighted by molar-refractivity contribution is 7.66. The molecule has 20 nitrogen and oxygen atoms in total. The Morgan fingerprint density at radius 1 is 1.11 bits per heavy atom. The Kier molecular flexibility index (Phi) is 9.72. The summed E-state index contributed by atoms with van der Waals surface area (Å²) in [4.78, 5) is 72.6. The molecule has 0 saturated carbocycles. The summed E-state index contributed by atoms with van der Waals surface area (Å²) in [6.45, 7) is -1.39. The maximum Gasteiger partial charge on any atom is 0.490 e. The zero-order chi connectivity index (χ0) is 27.6. The van der Waals surface area contributed by atoms with Crippen LogP contribution >= 0.6 is 23.5 Å². The molecule has 0 spiro atoms. The molecule has 10 N–H and O–H groups in total. The van der Waals surface area contributed by atoms with Crippen molar-refractivity contribution in [3.8, 4) is 0 Å². The summed E-state index contributed by atoms with van der Waals surface area (Å²) < 4.78 is 51.3. The second-order valence-corrected chi connectivity index (χ2v) is 11.7. The molecular formula is C13H22N3O17P3. The lowest BCUT2D eigenvalue weighted by Crippen LogP contribution is -2.37. The number of hydrogen-bond donors (Lipinski definition) is 9. The summed E-state index contributed by atoms with van der Waals surface area (Å²) in [5.41, 5.74) is 2.96. The van der Waals surface area contributed by atoms with Crippen LogP contribution in [0.15, 0.2) is 15.8 Å². The molecule has 1 aliphatic rings. The molecule has 23 heteroatoms. The SMILES string of the molecule is NC(CCn1cc([C@@H]2O[C@H](COP(=O)(O)OP(=O)(O)OP(=O)(O)O)[C@@H](O)[C@H]2O)c(=O)[nH]c1=O)C(=O)O. The summed E-state index contributed by atoms with van der Waals surface area (Å²) in [5.74, 6) is -1.34. The number of aliphatic hydroxyl groups excluding tert-OH is 2. The highest BCUT2D eigenvalue weighted by atomic mass is 31.3. The van der Waals surface area contributed by atoms with E-state index in [4.69, 9.17) is 30.3 Å². The number of ether oxygens (including phenoxy) is 1. The standard InChI is InChI=1S/C13H22N3O17P3/c14-6(12(20)21)1-2-16-3-5(11(19)15-13(16)22)10-9(18)8(17)7(31-10)4-30-35(26,27)33-36(28,29)32-34(23,24)25/h3,6-10,17-18H,1-2,4,14H2,(H,20,21)(H,26,27)(H,28,29)(H,15,19,22)(H2,23,24,25)/t6?,7-,8-,9-,10+/m1/s1. The first-order valence-electron chi connectivity index (χ1n) is 9.44. The Labute approximate surface area is 199 Å². The van der Waals surface area contributed by atoms with Gasteiger partial charge in [-0.2, -0.15) is 8.62 Å². The van der Waals surface area contributed by atoms with E-state index in [2.05, 4.69) is 13.1 Å². The van der Waals surface area contributed by atoms with Gasteiger partial charge >= 0.3 is 35.1 Å². The van der Waals surface area contributed by atoms with Crippen molar-refractivity contribution in [2.75, 3.05) is 6.61 Å². The van der Waals surface area contributed by atoms with E-state index in [0.717, 1.165) is 10.8 Å². The number of aliphatic carboxylic acids is 1. The Hall–Kier alpha value is -1.60. The second kappa shape index (κ2) is 11.4. The summed E-state index contributed by atoms with van der Waals surface area (Å²) in [6.07, 6.45) is -6.37. The monoisotopic (exact) mass is 585 g/mol. The van der Waals surface area contributed by atoms with Crippen LogP contribution in [0.5, 0.6) is 0 Å². The van der Waals surface area contributed by atoms with Crippen molar-refractivity contribution in [2.45, 2.75) is 43.4 Å². The summed E-state index contributed by atoms with van der Waals surface area (Å²) in [7, 11) is -17.0. The number of aryl methyl sites for hydroxylation is 1. The molecule has 0 aromatic carbocycles. The van der Waals surface area contributed by atoms with Crippen LogP contribution in [0.25, 0.3) is 0 Å². The van der Waals surface area contributed by atoms with Crippen molar-refractivity contribution >= 4 is 29.4 Å². The first-order valence-corrected chi connectivity index (χ1v) is 14.0. The Bertz CT molecular complexity index is 1220. The van der Waals surface area contributed by atoms with Crippen molar-refractivity contribution in [3.63, 3.8) is 0 Å². The molecule has 7 atom stereocenters. The number of phosphoric acid groups is 3. The van der Waals surface area contributed by atoms with Crippen LogP contribution in [0.4, 0.5) is 0 Å². The normalized spacial score (nSPS) is 26.8. The first-order chi connectivity index (χ1) is 16.3. The molecule has 36 heavy (non-hydrogen) atoms. The molecule has 2 heterocycles. The highest BCUT2D eigenvalue weighted by Gasteiger charge is 2.47. The number of carboxylic acid groups (broad SMARTS) is 1. The number of nitrogens with one attached hydrogen (secondary N) is 1. The van der Waals surface area contributed by atoms with Gasteiger partial charge in [-0.05, 0) is 6.42 Å². The van der Waals surface area contributed by atoms with Gasteiger partial charge in [0.05, 0.1) is 12.2 Å². The van der Waals surface area contributed by atoms with E-state index < -0.39 is 83.3 Å². The third-order valence-corrected chi connectivity index (χ3v) is 8.33. The summed E-state index contributed by atoms with van der Waals surface area (Å²) >= 11 is 0. The van der Waals surface area contributed by atoms with Gasteiger partial charge in [-0.3, -0.25) is 19.1 Å². The van der Waals surface area contributed by atoms with Crippen molar-refractivity contribution in [2.24, 2.45) is 5.73 Å². The number of aromatic amines is 1. The maximum atomic E-state index is 12.2. The van der Waals surface area contributed by atoms with Gasteiger partial charge in [0, 0.05) is 12.7 Å². The second-order valence-electron chi connectivity index (χ2n) is 7.23. The Morgan fingerprint density at radius 2 is 1.72 bits per heavy atom. The van der Waals surface area contributed by atoms with Crippen molar-refractivity contribution in [3.05, 3.63) is 32.6 Å². The van der Waals surface area contributed by atoms with Gasteiger partial charge in [-0.15, -0.1) is 0 Å². The van der Waals surface area contributed by atoms with Gasteiger partial charge in [-0.25, -0.2) is 18.5 Å². The number of carboxylic acids is 1. The molecule has 3 unspecified atom stereocenters. The fourth-order valence-corrected chi connectivity index (χ4v) is 5.94. The molecule has 0 radical (unpaired) electrons. The van der Waals surface area contributed by atoms with E-state index in [9.17, 15) is 43.2 Å². The van der Waals surface area contributed by atoms with Gasteiger partial charge in [0.15, 0.2) is 0 Å². The Morgan fingerprint density at radius 3 is 2.28 bits per heavy atom. The predicted molar refractivity (Wildman–Crippen MR) is 111 cm³/mol. The van der Waals surface area contributed by atoms with Crippen molar-refractivity contribution in [1.82, 2.24) is 9.55 Å². The minimum Gasteiger partial charge on any atom is -0.480 e. The van der Waals surface area contributed by atoms with Gasteiger partial charge in [0.2, 0.25) is 0 Å². The van der Waals surface area contributed by atoms with Crippen LogP contribution in [0.3, 0.4) is 0 Å². The number of hydrogen-bond acceptors (Lipinski definition) is 13. The van der Waals surface area contributed by atoms with Crippen LogP contribution in [-0.4, -0.2) is 81.4 Å². The third kappa shape index (κ3) is 8.47. The number of aromatic nitrogens is 2. The first kappa shape index (κ1) is 30.6. The molecule has 1 aliphatic heterocycles. The zero-order valence-electron chi connectivity index (χ0n) is 17.7. The average molecular weight is 585 g/mol. The topological polar surface area (TPSA) is 328 Å². The lowest BCUT2D eigenvalue weighted by Gasteiger charge is -2.19. The van der Waals surface area contributed by atoms with Crippen LogP contribution in [0.1, 0.15) is 18.1 Å². The van der Waals surface area contributed by atoms with E-state index in [-0.39, 0.29) is 13.0 Å². The number of carbonyl (C=O) groups is 1. The molecule has 1 aromatic rings. The molecule has 0 amide bonds. The molecular weight excluding hydrogens is 563 g/mol. The lowest BCUT2D eigenvalue weighted by molar-refractivity contribution is -0.138. The van der Waals surface area contributed by atoms with Crippen molar-refractivity contribution in [1.29, 1.82) is 0 Å². The molecule has 0 bridgehead atoms. The Balaban J connectivity index is 2.14. The maximum absolute atomic E-state index is 12.2. The fraction of sp³-hybridized carbons (Fsp3) is 0.615. The number of aliphatic hydroxyl groups is 2. The van der Waals surface area contributed by atoms with E-state index in [1.54, 1.807) is 0 Å². The molecule has 2 rings (SSSR count). The quantitative estimate of drug-likeness (QED) is 0.109. The molecule has 1 aromatic heterocycles. The van der Waals surface area contributed by atoms with E-state index >= 15 is 0 Å². The number of rotatable bonds is 12. The van der Waals surface area contributed by atoms with E-state index in [1.165, 1.54) is 0 Å². The molecule has 1 fully saturated rings. The molecule has 1 saturated heterocycles. The van der Waals surface area contributed by atoms with Crippen LogP contribution in [-0.2, 0) is 42.9 Å². The van der Waals surface area contributed by atoms with Gasteiger partial charge in [0.1, 0.15) is 30.5 Å². The number of nitrogens with two attached hydrogens (primary N) is 1. The van der Waals surface area contributed by atoms with Gasteiger partial charge < -0.3 is 49.9 Å². The summed E-state index contributed by atoms with van der Waals surface area (Å²) in [6, 6.07) is -1.33. The van der Waals surface area contributed by atoms with Crippen LogP contribution in [0.2, 0.25) is 0 Å². The fourth-order valence-electron chi connectivity index (χ4n) is 2.91. The highest BCUT2D eigenvalue weighted by Crippen LogP contribution is 2.66. The number of phosphoric ester groups is 1. The lowest BCUT2D eigenvalue weighted by atomic mass is 10.0. The largest absolute Gasteiger partial charge is 0.490 e. The van der Waals surface area contributed by atoms with E-state index in [1.807, 2.05) is 4.98 Å². The number of H-pyrrole nitrogens is 1. The number of nitrogens with zero attached hydrogens (tertiary/aromatic N) is 1. The van der Waals surface area contributed by atoms with Crippen LogP contribution < -0.4 is 17.0 Å². The van der Waals surface area contributed by atoms with Gasteiger partial charge in [-0.1, -0.05) is 0 Å². The average Bonchev–Trinajstić information content (AvgIpc) is 2.97. The zero-order valence-corrected chi connectivity index (χ0v) is 20.3. The van der Waals surface area contributed by atoms with Gasteiger partial charge in [0.25, 0.3) is 5.56 Å². The van der Waals surface area contributed by atoms with Crippen molar-refractivity contribution < 1.29 is 71.3 Å². The molecule has 206 valence electrons. The minimum absolute atomic E-state index is 0.222. The third-order valence-electron chi connectivity index (χ3n) is 4.52. The van der Waals surface area contributed by atoms with E-state index in [0.29, 0.717) is 0 Å². The molecule has 0 aliphatic carbocycles. The smallest absolute Gasteiger partial charge is 0.480 e. The van der Waals surface area contributed by atoms with Crippen LogP contribution in [0, 0.1) is 0 Å². The summed E-state index contributed by atoms with van der Waals surface area (Å²) in [5, 5.41) is 29.3. The predicted octanol–water partition coefficient (Wildman–Crippen LogP) is -3.16.